The molecule has 2 heterocycles. The smallest absolute Gasteiger partial charge is 0.338 e. The van der Waals surface area contributed by atoms with Crippen molar-refractivity contribution in [2.75, 3.05) is 12.4 Å². The van der Waals surface area contributed by atoms with E-state index in [2.05, 4.69) is 10.3 Å². The number of halogens is 2. The quantitative estimate of drug-likeness (QED) is 0.411. The molecule has 0 aliphatic rings. The van der Waals surface area contributed by atoms with E-state index in [4.69, 9.17) is 25.6 Å². The monoisotopic (exact) mass is 485 g/mol. The van der Waals surface area contributed by atoms with Crippen molar-refractivity contribution in [1.29, 1.82) is 0 Å². The Balaban J connectivity index is 1.51. The molecule has 0 aliphatic carbocycles. The molecule has 2 aromatic carbocycles. The molecule has 0 spiro atoms. The first kappa shape index (κ1) is 23.0. The molecule has 0 saturated carbocycles. The first-order valence-electron chi connectivity index (χ1n) is 9.86. The number of aryl methyl sites for hydroxylation is 1. The van der Waals surface area contributed by atoms with Gasteiger partial charge in [-0.15, -0.1) is 4.57 Å². The van der Waals surface area contributed by atoms with Gasteiger partial charge in [0.2, 0.25) is 0 Å². The number of methoxy groups -OCH3 is 1. The van der Waals surface area contributed by atoms with Crippen LogP contribution in [0.3, 0.4) is 0 Å². The van der Waals surface area contributed by atoms with Crippen LogP contribution in [0.15, 0.2) is 57.8 Å². The van der Waals surface area contributed by atoms with Crippen LogP contribution >= 0.6 is 11.6 Å². The molecule has 4 rings (SSSR count). The van der Waals surface area contributed by atoms with Crippen molar-refractivity contribution in [3.8, 4) is 5.75 Å². The van der Waals surface area contributed by atoms with Crippen LogP contribution in [-0.4, -0.2) is 28.5 Å². The number of ether oxygens (including phenoxy) is 2. The summed E-state index contributed by atoms with van der Waals surface area (Å²) in [6, 6.07) is 10.6. The number of anilines is 1. The number of benzene rings is 2. The number of amides is 1. The van der Waals surface area contributed by atoms with Crippen molar-refractivity contribution in [2.45, 2.75) is 13.5 Å². The molecule has 0 fully saturated rings. The highest BCUT2D eigenvalue weighted by molar-refractivity contribution is 6.31. The number of hydrogen-bond acceptors (Lipinski definition) is 7. The Hall–Kier alpha value is -4.18. The number of fused-ring (bicyclic) bond motifs is 1. The number of aromatic nitrogens is 2. The Morgan fingerprint density at radius 3 is 2.65 bits per heavy atom. The SMILES string of the molecule is COc1ccc(C(=O)OCc2cc(=O)n3oc(C)cc3n2)cc1NC(=O)c1ccc(F)c(Cl)c1. The fourth-order valence-electron chi connectivity index (χ4n) is 3.13. The van der Waals surface area contributed by atoms with Gasteiger partial charge in [0.15, 0.2) is 5.65 Å². The number of carbonyl (C=O) groups excluding carboxylic acids is 2. The minimum Gasteiger partial charge on any atom is -0.495 e. The Morgan fingerprint density at radius 1 is 1.15 bits per heavy atom. The lowest BCUT2D eigenvalue weighted by molar-refractivity contribution is 0.0467. The van der Waals surface area contributed by atoms with E-state index in [0.717, 1.165) is 10.6 Å². The summed E-state index contributed by atoms with van der Waals surface area (Å²) in [5.74, 6) is -1.16. The van der Waals surface area contributed by atoms with Crippen LogP contribution in [0.5, 0.6) is 5.75 Å². The Labute approximate surface area is 196 Å². The first-order valence-corrected chi connectivity index (χ1v) is 10.2. The molecule has 11 heteroatoms. The van der Waals surface area contributed by atoms with E-state index < -0.39 is 23.3 Å². The summed E-state index contributed by atoms with van der Waals surface area (Å²) in [6.07, 6.45) is 0. The van der Waals surface area contributed by atoms with Gasteiger partial charge >= 0.3 is 5.97 Å². The van der Waals surface area contributed by atoms with Gasteiger partial charge in [0, 0.05) is 17.7 Å². The van der Waals surface area contributed by atoms with Crippen LogP contribution in [0.2, 0.25) is 5.02 Å². The van der Waals surface area contributed by atoms with Crippen molar-refractivity contribution in [2.24, 2.45) is 0 Å². The fraction of sp³-hybridized carbons (Fsp3) is 0.130. The third kappa shape index (κ3) is 4.76. The zero-order valence-corrected chi connectivity index (χ0v) is 18.7. The molecule has 34 heavy (non-hydrogen) atoms. The number of hydrogen-bond donors (Lipinski definition) is 1. The molecule has 0 bridgehead atoms. The average molecular weight is 486 g/mol. The van der Waals surface area contributed by atoms with Gasteiger partial charge in [0.05, 0.1) is 29.1 Å². The van der Waals surface area contributed by atoms with Gasteiger partial charge in [-0.3, -0.25) is 9.59 Å². The molecule has 1 N–H and O–H groups in total. The molecular weight excluding hydrogens is 469 g/mol. The molecule has 9 nitrogen and oxygen atoms in total. The maximum atomic E-state index is 13.4. The Bertz CT molecular complexity index is 1480. The molecule has 0 saturated heterocycles. The molecule has 0 aliphatic heterocycles. The van der Waals surface area contributed by atoms with Gasteiger partial charge < -0.3 is 19.3 Å². The normalized spacial score (nSPS) is 10.8. The highest BCUT2D eigenvalue weighted by Crippen LogP contribution is 2.27. The highest BCUT2D eigenvalue weighted by Gasteiger charge is 2.16. The van der Waals surface area contributed by atoms with Crippen molar-refractivity contribution >= 4 is 34.8 Å². The van der Waals surface area contributed by atoms with Crippen molar-refractivity contribution in [3.63, 3.8) is 0 Å². The summed E-state index contributed by atoms with van der Waals surface area (Å²) in [5.41, 5.74) is 0.517. The molecule has 0 radical (unpaired) electrons. The summed E-state index contributed by atoms with van der Waals surface area (Å²) >= 11 is 5.74. The maximum absolute atomic E-state index is 13.4. The highest BCUT2D eigenvalue weighted by atomic mass is 35.5. The fourth-order valence-corrected chi connectivity index (χ4v) is 3.32. The van der Waals surface area contributed by atoms with Crippen molar-refractivity contribution in [3.05, 3.63) is 92.3 Å². The zero-order valence-electron chi connectivity index (χ0n) is 17.9. The van der Waals surface area contributed by atoms with Crippen LogP contribution < -0.4 is 15.6 Å². The zero-order chi connectivity index (χ0) is 24.4. The van der Waals surface area contributed by atoms with E-state index in [1.807, 2.05) is 0 Å². The molecule has 1 amide bonds. The molecule has 0 atom stereocenters. The topological polar surface area (TPSA) is 112 Å². The Kier molecular flexibility index (Phi) is 6.33. The second-order valence-electron chi connectivity index (χ2n) is 7.16. The number of nitrogens with one attached hydrogen (secondary N) is 1. The summed E-state index contributed by atoms with van der Waals surface area (Å²) < 4.78 is 30.2. The predicted molar refractivity (Wildman–Crippen MR) is 120 cm³/mol. The lowest BCUT2D eigenvalue weighted by atomic mass is 10.1. The van der Waals surface area contributed by atoms with E-state index in [-0.39, 0.29) is 39.9 Å². The molecular formula is C23H17ClFN3O6. The first-order chi connectivity index (χ1) is 16.2. The molecule has 4 aromatic rings. The minimum absolute atomic E-state index is 0.115. The largest absolute Gasteiger partial charge is 0.495 e. The second kappa shape index (κ2) is 9.36. The van der Waals surface area contributed by atoms with Crippen LogP contribution in [0.4, 0.5) is 10.1 Å². The van der Waals surface area contributed by atoms with E-state index in [9.17, 15) is 18.8 Å². The summed E-state index contributed by atoms with van der Waals surface area (Å²) in [7, 11) is 1.40. The lowest BCUT2D eigenvalue weighted by Gasteiger charge is -2.12. The minimum atomic E-state index is -0.714. The number of rotatable bonds is 6. The van der Waals surface area contributed by atoms with Gasteiger partial charge in [0.1, 0.15) is 23.9 Å². The van der Waals surface area contributed by atoms with Gasteiger partial charge in [-0.1, -0.05) is 11.6 Å². The van der Waals surface area contributed by atoms with Crippen LogP contribution in [-0.2, 0) is 11.3 Å². The summed E-state index contributed by atoms with van der Waals surface area (Å²) in [5, 5.41) is 2.40. The number of esters is 1. The van der Waals surface area contributed by atoms with E-state index in [0.29, 0.717) is 11.4 Å². The third-order valence-corrected chi connectivity index (χ3v) is 5.03. The third-order valence-electron chi connectivity index (χ3n) is 4.74. The average Bonchev–Trinajstić information content (AvgIpc) is 3.20. The van der Waals surface area contributed by atoms with E-state index >= 15 is 0 Å². The lowest BCUT2D eigenvalue weighted by Crippen LogP contribution is -2.15. The van der Waals surface area contributed by atoms with Gasteiger partial charge in [-0.2, -0.15) is 0 Å². The second-order valence-corrected chi connectivity index (χ2v) is 7.57. The number of nitrogens with zero attached hydrogens (tertiary/aromatic N) is 2. The van der Waals surface area contributed by atoms with Gasteiger partial charge in [-0.05, 0) is 43.3 Å². The molecule has 2 aromatic heterocycles. The van der Waals surface area contributed by atoms with Crippen LogP contribution in [0, 0.1) is 12.7 Å². The summed E-state index contributed by atoms with van der Waals surface area (Å²) in [4.78, 5) is 41.5. The van der Waals surface area contributed by atoms with Crippen molar-refractivity contribution in [1.82, 2.24) is 9.56 Å². The van der Waals surface area contributed by atoms with E-state index in [1.54, 1.807) is 13.0 Å². The van der Waals surface area contributed by atoms with Crippen LogP contribution in [0.25, 0.3) is 5.65 Å². The standard InChI is InChI=1S/C23H17ClFN3O6/c1-12-7-20-26-15(10-21(29)28(20)34-12)11-33-23(31)14-4-6-19(32-2)18(9-14)27-22(30)13-3-5-17(25)16(24)8-13/h3-10H,11H2,1-2H3,(H,27,30). The van der Waals surface area contributed by atoms with Gasteiger partial charge in [0.25, 0.3) is 11.5 Å². The van der Waals surface area contributed by atoms with Gasteiger partial charge in [-0.25, -0.2) is 14.2 Å². The van der Waals surface area contributed by atoms with Crippen molar-refractivity contribution < 1.29 is 28.0 Å². The Morgan fingerprint density at radius 2 is 1.91 bits per heavy atom. The number of carbonyl (C=O) groups is 2. The maximum Gasteiger partial charge on any atom is 0.338 e. The molecule has 0 unspecified atom stereocenters. The van der Waals surface area contributed by atoms with Crippen LogP contribution in [0.1, 0.15) is 32.2 Å². The molecule has 174 valence electrons. The summed E-state index contributed by atoms with van der Waals surface area (Å²) in [6.45, 7) is 1.43. The predicted octanol–water partition coefficient (Wildman–Crippen LogP) is 4.01. The van der Waals surface area contributed by atoms with E-state index in [1.165, 1.54) is 43.5 Å².